The van der Waals surface area contributed by atoms with E-state index in [2.05, 4.69) is 649 Å². The predicted molar refractivity (Wildman–Crippen MR) is 488 cm³/mol. The van der Waals surface area contributed by atoms with Crippen LogP contribution in [0.1, 0.15) is 16.2 Å². The minimum atomic E-state index is -4.51. The fourth-order valence-corrected chi connectivity index (χ4v) is 5.57. The molecule has 128 heavy (non-hydrogen) atoms. The molecule has 0 saturated heterocycles. The van der Waals surface area contributed by atoms with Crippen LogP contribution in [0.15, 0.2) is 11.6 Å². The van der Waals surface area contributed by atoms with Gasteiger partial charge in [0.1, 0.15) is 10.7 Å². The van der Waals surface area contributed by atoms with Gasteiger partial charge in [0.15, 0.2) is 5.69 Å². The highest BCUT2D eigenvalue weighted by Gasteiger charge is 2.34. The van der Waals surface area contributed by atoms with Gasteiger partial charge in [-0.2, -0.15) is 18.3 Å². The first-order valence-electron chi connectivity index (χ1n) is 32.0. The first-order valence-corrected chi connectivity index (χ1v) is 32.9. The molecule has 2 rings (SSSR count). The molecule has 0 fully saturated rings. The standard InChI is InChI=1S/C110H2.C9H7F3N4OS/c1-3-5-7-9-11-13-15-17-19-21-23-25-27-29-31-33-35-37-39-41-43-45-47-49-51-53-55-57-59-61-63-65-67-69-71-73-75-77-79-81-83-85-87-89-91-93-95-97-99-101-103-105-107-109-110-108-106-104-102-100-98-96-94-92-90-88-86-84-82-80-78-76-74-72-70-68-66-64-62-60-58-56-54-52-50-48-46-44-42-40-38-36-34-32-30-28-26-24-22-20-18-16-14-12-10-8-6-4-2;1-16-6(7(13)17)4(2-14-16)8-15-5(3-18-8)9(10,11)12/h1-2H;2-3H,1H3,(H2,13,17). The van der Waals surface area contributed by atoms with Crippen LogP contribution in [-0.4, -0.2) is 20.7 Å². The molecule has 0 spiro atoms. The van der Waals surface area contributed by atoms with Crippen LogP contribution in [0.3, 0.4) is 0 Å². The van der Waals surface area contributed by atoms with E-state index in [1.165, 1.54) is 17.9 Å². The second-order valence-corrected chi connectivity index (χ2v) is 17.8. The highest BCUT2D eigenvalue weighted by atomic mass is 32.1. The van der Waals surface area contributed by atoms with Crippen LogP contribution in [0, 0.1) is 652 Å². The Morgan fingerprint density at radius 2 is 0.367 bits per heavy atom. The van der Waals surface area contributed by atoms with Gasteiger partial charge < -0.3 is 5.73 Å². The Morgan fingerprint density at radius 1 is 0.250 bits per heavy atom. The lowest BCUT2D eigenvalue weighted by Gasteiger charge is -2.00. The SMILES string of the molecule is C#CC#CC#CC#CC#CC#CC#CC#CC#CC#CC#CC#CC#CC#CC#CC#CC#CC#CC#CC#CC#CC#CC#CC#CC#CC#CC#CC#CC#CC#CC#CC#CC#CC#CC#CC#CC#CC#CC#CC#CC#CC#CC#CC#CC#CC#CC#CC#CC#CC#CC#CC#CC#CC#CC#C.Cn1ncc(-c2nc(C(F)(F)F)cs2)c1C(N)=O. The molecule has 2 aromatic rings. The summed E-state index contributed by atoms with van der Waals surface area (Å²) in [4.78, 5) is 14.6. The van der Waals surface area contributed by atoms with Crippen molar-refractivity contribution in [3.05, 3.63) is 23.0 Å². The number of primary amides is 1. The summed E-state index contributed by atoms with van der Waals surface area (Å²) in [5.41, 5.74) is 4.37. The number of hydrogen-bond donors (Lipinski definition) is 1. The Balaban J connectivity index is 0.00000399. The monoisotopic (exact) mass is 1600 g/mol. The van der Waals surface area contributed by atoms with E-state index in [9.17, 15) is 18.0 Å². The summed E-state index contributed by atoms with van der Waals surface area (Å²) < 4.78 is 38.4. The maximum atomic E-state index is 12.4. The number of terminal acetylenes is 2. The highest BCUT2D eigenvalue weighted by molar-refractivity contribution is 7.13. The number of rotatable bonds is 2. The number of alkyl halides is 3. The van der Waals surface area contributed by atoms with Crippen molar-refractivity contribution in [1.29, 1.82) is 0 Å². The molecule has 0 aliphatic carbocycles. The van der Waals surface area contributed by atoms with Gasteiger partial charge in [-0.1, -0.05) is 0 Å². The molecule has 0 radical (unpaired) electrons. The summed E-state index contributed by atoms with van der Waals surface area (Å²) in [5, 5.41) is 4.73. The van der Waals surface area contributed by atoms with Crippen LogP contribution in [0.4, 0.5) is 13.2 Å². The van der Waals surface area contributed by atoms with Crippen LogP contribution in [0.25, 0.3) is 10.6 Å². The average Bonchev–Trinajstić information content (AvgIpc) is 1.65. The summed E-state index contributed by atoms with van der Waals surface area (Å²) in [6.07, 6.45) is 6.66. The quantitative estimate of drug-likeness (QED) is 0.470. The number of aromatic nitrogens is 3. The number of thiazole rings is 1. The Morgan fingerprint density at radius 3 is 0.461 bits per heavy atom. The van der Waals surface area contributed by atoms with Crippen molar-refractivity contribution in [2.75, 3.05) is 0 Å². The lowest BCUT2D eigenvalue weighted by Crippen LogP contribution is -2.16. The molecule has 0 unspecified atom stereocenters. The summed E-state index contributed by atoms with van der Waals surface area (Å²) in [5.74, 6) is 267. The van der Waals surface area contributed by atoms with E-state index in [1.807, 2.05) is 0 Å². The highest BCUT2D eigenvalue weighted by Crippen LogP contribution is 2.34. The van der Waals surface area contributed by atoms with Crippen molar-refractivity contribution < 1.29 is 18.0 Å². The molecule has 2 N–H and O–H groups in total. The number of aryl methyl sites for hydroxylation is 1. The molecule has 0 aliphatic rings. The third kappa shape index (κ3) is 71.5. The molecule has 0 aliphatic heterocycles. The summed E-state index contributed by atoms with van der Waals surface area (Å²) in [7, 11) is 1.47. The maximum Gasteiger partial charge on any atom is 0.434 e. The number of halogens is 3. The molecular weight excluding hydrogens is 1590 g/mol. The minimum absolute atomic E-state index is 0.0260. The summed E-state index contributed by atoms with van der Waals surface area (Å²) >= 11 is 0.782. The Labute approximate surface area is 749 Å². The first-order chi connectivity index (χ1) is 63.2. The molecule has 0 atom stereocenters. The molecular formula is C119H9F3N4OS. The minimum Gasteiger partial charge on any atom is -0.364 e. The fraction of sp³-hybridized carbons (Fsp3) is 0.0168. The van der Waals surface area contributed by atoms with E-state index in [1.54, 1.807) is 0 Å². The Bertz CT molecular complexity index is 8520. The van der Waals surface area contributed by atoms with E-state index in [0.29, 0.717) is 0 Å². The van der Waals surface area contributed by atoms with Gasteiger partial charge in [-0.25, -0.2) is 4.98 Å². The molecule has 2 heterocycles. The van der Waals surface area contributed by atoms with Crippen molar-refractivity contribution in [2.24, 2.45) is 12.8 Å². The second kappa shape index (κ2) is 81.9. The van der Waals surface area contributed by atoms with Gasteiger partial charge in [0.25, 0.3) is 5.91 Å². The number of amides is 1. The van der Waals surface area contributed by atoms with E-state index in [0.717, 1.165) is 16.7 Å². The van der Waals surface area contributed by atoms with Crippen molar-refractivity contribution >= 4 is 17.2 Å². The van der Waals surface area contributed by atoms with Gasteiger partial charge in [-0.3, -0.25) is 9.48 Å². The van der Waals surface area contributed by atoms with Gasteiger partial charge >= 0.3 is 6.18 Å². The fourth-order valence-electron chi connectivity index (χ4n) is 4.74. The number of nitrogens with two attached hydrogens (primary N) is 1. The van der Waals surface area contributed by atoms with Crippen molar-refractivity contribution in [1.82, 2.24) is 14.8 Å². The Hall–Kier alpha value is -26.1. The van der Waals surface area contributed by atoms with Gasteiger partial charge in [0.05, 0.1) is 11.8 Å². The van der Waals surface area contributed by atoms with Crippen LogP contribution in [0.5, 0.6) is 0 Å². The molecule has 0 bridgehead atoms. The van der Waals surface area contributed by atoms with Crippen molar-refractivity contribution in [3.63, 3.8) is 0 Å². The van der Waals surface area contributed by atoms with Crippen LogP contribution >= 0.6 is 11.3 Å². The van der Waals surface area contributed by atoms with Crippen molar-refractivity contribution in [2.45, 2.75) is 6.18 Å². The van der Waals surface area contributed by atoms with Crippen LogP contribution < -0.4 is 5.73 Å². The molecule has 538 valence electrons. The average molecular weight is 1600 g/mol. The summed E-state index contributed by atoms with van der Waals surface area (Å²) in [6, 6.07) is 0. The third-order valence-electron chi connectivity index (χ3n) is 8.90. The lowest BCUT2D eigenvalue weighted by molar-refractivity contribution is -0.140. The van der Waals surface area contributed by atoms with Crippen molar-refractivity contribution in [3.8, 4) is 663 Å². The smallest absolute Gasteiger partial charge is 0.364 e. The van der Waals surface area contributed by atoms with Crippen LogP contribution in [-0.2, 0) is 13.2 Å². The van der Waals surface area contributed by atoms with Gasteiger partial charge in [0, 0.05) is 557 Å². The molecule has 0 aromatic carbocycles. The van der Waals surface area contributed by atoms with Gasteiger partial charge in [-0.15, -0.1) is 24.2 Å². The zero-order valence-electron chi connectivity index (χ0n) is 64.2. The number of carbonyl (C=O) groups excluding carboxylic acids is 1. The van der Waals surface area contributed by atoms with E-state index in [4.69, 9.17) is 18.6 Å². The lowest BCUT2D eigenvalue weighted by atomic mass is 10.2. The zero-order valence-corrected chi connectivity index (χ0v) is 65.0. The summed E-state index contributed by atoms with van der Waals surface area (Å²) in [6.45, 7) is 0. The second-order valence-electron chi connectivity index (χ2n) is 17.0. The number of nitrogens with zero attached hydrogens (tertiary/aromatic N) is 3. The van der Waals surface area contributed by atoms with Gasteiger partial charge in [0.2, 0.25) is 0 Å². The van der Waals surface area contributed by atoms with E-state index in [-0.39, 0.29) is 16.3 Å². The molecule has 1 amide bonds. The van der Waals surface area contributed by atoms with Crippen LogP contribution in [0.2, 0.25) is 0 Å². The number of carbonyl (C=O) groups is 1. The molecule has 5 nitrogen and oxygen atoms in total. The predicted octanol–water partition coefficient (Wildman–Crippen LogP) is 2.09. The number of hydrogen-bond acceptors (Lipinski definition) is 4. The first kappa shape index (κ1) is 99.9. The third-order valence-corrected chi connectivity index (χ3v) is 9.78. The van der Waals surface area contributed by atoms with E-state index >= 15 is 0 Å². The maximum absolute atomic E-state index is 12.4. The molecule has 9 heteroatoms. The van der Waals surface area contributed by atoms with Gasteiger partial charge in [-0.05, 0) is 94.7 Å². The topological polar surface area (TPSA) is 73.8 Å². The normalized spacial score (nSPS) is 5.05. The molecule has 0 saturated carbocycles. The largest absolute Gasteiger partial charge is 0.434 e. The van der Waals surface area contributed by atoms with E-state index < -0.39 is 17.8 Å². The molecule has 2 aromatic heterocycles. The zero-order chi connectivity index (χ0) is 91.9. The Kier molecular flexibility index (Phi) is 63.9.